The maximum absolute atomic E-state index is 8.94. The van der Waals surface area contributed by atoms with Gasteiger partial charge in [0.15, 0.2) is 5.84 Å². The number of nitrogens with two attached hydrogens (primary N) is 1. The summed E-state index contributed by atoms with van der Waals surface area (Å²) in [6.07, 6.45) is 0. The molecule has 1 aromatic rings. The standard InChI is InChI=1S/C14H21ClN4O2/c15-13-9-11(14(16)17-21)1-2-12(13)10-19-5-3-18(4-6-19)7-8-20/h1-2,9,20-21H,3-8,10H2,(H2,16,17). The van der Waals surface area contributed by atoms with Crippen molar-refractivity contribution < 1.29 is 10.3 Å². The molecule has 0 aliphatic carbocycles. The van der Waals surface area contributed by atoms with Crippen LogP contribution in [0.5, 0.6) is 0 Å². The van der Waals surface area contributed by atoms with E-state index in [0.29, 0.717) is 10.6 Å². The molecule has 1 heterocycles. The summed E-state index contributed by atoms with van der Waals surface area (Å²) in [6.45, 7) is 5.56. The number of oxime groups is 1. The van der Waals surface area contributed by atoms with Gasteiger partial charge in [-0.25, -0.2) is 0 Å². The quantitative estimate of drug-likeness (QED) is 0.320. The Kier molecular flexibility index (Phi) is 5.81. The summed E-state index contributed by atoms with van der Waals surface area (Å²) in [7, 11) is 0. The molecule has 0 saturated carbocycles. The van der Waals surface area contributed by atoms with Gasteiger partial charge in [-0.2, -0.15) is 0 Å². The highest BCUT2D eigenvalue weighted by Gasteiger charge is 2.17. The van der Waals surface area contributed by atoms with Crippen LogP contribution in [-0.2, 0) is 6.54 Å². The van der Waals surface area contributed by atoms with Crippen LogP contribution in [0.1, 0.15) is 11.1 Å². The van der Waals surface area contributed by atoms with Crippen molar-refractivity contribution in [2.45, 2.75) is 6.54 Å². The molecule has 1 saturated heterocycles. The molecular weight excluding hydrogens is 292 g/mol. The fourth-order valence-corrected chi connectivity index (χ4v) is 2.69. The van der Waals surface area contributed by atoms with Gasteiger partial charge in [0.25, 0.3) is 0 Å². The Bertz CT molecular complexity index is 502. The number of piperazine rings is 1. The second kappa shape index (κ2) is 7.61. The first kappa shape index (κ1) is 16.0. The Labute approximate surface area is 129 Å². The summed E-state index contributed by atoms with van der Waals surface area (Å²) in [5, 5.41) is 21.2. The van der Waals surface area contributed by atoms with Crippen molar-refractivity contribution in [2.75, 3.05) is 39.3 Å². The van der Waals surface area contributed by atoms with Crippen LogP contribution in [0.3, 0.4) is 0 Å². The van der Waals surface area contributed by atoms with Crippen LogP contribution in [0.15, 0.2) is 23.4 Å². The molecule has 1 aliphatic rings. The van der Waals surface area contributed by atoms with Crippen LogP contribution in [0.25, 0.3) is 0 Å². The fourth-order valence-electron chi connectivity index (χ4n) is 2.45. The zero-order chi connectivity index (χ0) is 15.2. The third-order valence-corrected chi connectivity index (χ3v) is 4.08. The molecule has 1 fully saturated rings. The SMILES string of the molecule is N/C(=N/O)c1ccc(CN2CCN(CCO)CC2)c(Cl)c1. The first-order chi connectivity index (χ1) is 10.1. The van der Waals surface area contributed by atoms with Gasteiger partial charge in [0.05, 0.1) is 6.61 Å². The lowest BCUT2D eigenvalue weighted by Gasteiger charge is -2.34. The van der Waals surface area contributed by atoms with Crippen molar-refractivity contribution in [3.05, 3.63) is 34.3 Å². The summed E-state index contributed by atoms with van der Waals surface area (Å²) in [5.74, 6) is 0.0565. The molecule has 4 N–H and O–H groups in total. The van der Waals surface area contributed by atoms with Crippen LogP contribution >= 0.6 is 11.6 Å². The van der Waals surface area contributed by atoms with E-state index in [-0.39, 0.29) is 12.4 Å². The molecule has 1 aliphatic heterocycles. The molecule has 0 aromatic heterocycles. The van der Waals surface area contributed by atoms with Crippen LogP contribution in [-0.4, -0.2) is 65.3 Å². The number of rotatable bonds is 5. The molecule has 0 unspecified atom stereocenters. The van der Waals surface area contributed by atoms with Crippen molar-refractivity contribution in [3.63, 3.8) is 0 Å². The zero-order valence-electron chi connectivity index (χ0n) is 11.9. The summed E-state index contributed by atoms with van der Waals surface area (Å²) in [4.78, 5) is 4.58. The number of amidine groups is 1. The van der Waals surface area contributed by atoms with Gasteiger partial charge < -0.3 is 16.0 Å². The molecule has 0 atom stereocenters. The zero-order valence-corrected chi connectivity index (χ0v) is 12.6. The van der Waals surface area contributed by atoms with E-state index in [1.165, 1.54) is 0 Å². The molecule has 21 heavy (non-hydrogen) atoms. The molecule has 0 bridgehead atoms. The predicted molar refractivity (Wildman–Crippen MR) is 82.8 cm³/mol. The second-order valence-corrected chi connectivity index (χ2v) is 5.54. The molecule has 0 radical (unpaired) electrons. The number of hydrogen-bond donors (Lipinski definition) is 3. The van der Waals surface area contributed by atoms with Gasteiger partial charge in [-0.15, -0.1) is 0 Å². The summed E-state index contributed by atoms with van der Waals surface area (Å²) in [6, 6.07) is 5.43. The number of halogens is 1. The molecule has 0 spiro atoms. The Hall–Kier alpha value is -1.34. The van der Waals surface area contributed by atoms with Gasteiger partial charge in [-0.05, 0) is 11.6 Å². The van der Waals surface area contributed by atoms with E-state index in [2.05, 4.69) is 15.0 Å². The van der Waals surface area contributed by atoms with Crippen molar-refractivity contribution >= 4 is 17.4 Å². The number of hydrogen-bond acceptors (Lipinski definition) is 5. The number of nitrogens with zero attached hydrogens (tertiary/aromatic N) is 3. The van der Waals surface area contributed by atoms with Crippen LogP contribution in [0.2, 0.25) is 5.02 Å². The highest BCUT2D eigenvalue weighted by molar-refractivity contribution is 6.31. The van der Waals surface area contributed by atoms with Crippen LogP contribution in [0, 0.1) is 0 Å². The van der Waals surface area contributed by atoms with Crippen molar-refractivity contribution in [3.8, 4) is 0 Å². The minimum atomic E-state index is 0.0565. The minimum Gasteiger partial charge on any atom is -0.409 e. The lowest BCUT2D eigenvalue weighted by Crippen LogP contribution is -2.46. The van der Waals surface area contributed by atoms with E-state index >= 15 is 0 Å². The van der Waals surface area contributed by atoms with Crippen LogP contribution in [0.4, 0.5) is 0 Å². The third-order valence-electron chi connectivity index (χ3n) is 3.73. The fraction of sp³-hybridized carbons (Fsp3) is 0.500. The minimum absolute atomic E-state index is 0.0565. The number of aliphatic hydroxyl groups excluding tert-OH is 1. The van der Waals surface area contributed by atoms with E-state index in [1.54, 1.807) is 12.1 Å². The molecule has 2 rings (SSSR count). The first-order valence-corrected chi connectivity index (χ1v) is 7.33. The van der Waals surface area contributed by atoms with Gasteiger partial charge in [0, 0.05) is 49.9 Å². The Morgan fingerprint density at radius 1 is 1.24 bits per heavy atom. The van der Waals surface area contributed by atoms with Gasteiger partial charge in [-0.1, -0.05) is 28.9 Å². The van der Waals surface area contributed by atoms with E-state index in [0.717, 1.165) is 44.8 Å². The predicted octanol–water partition coefficient (Wildman–Crippen LogP) is 0.544. The molecule has 0 amide bonds. The van der Waals surface area contributed by atoms with E-state index in [4.69, 9.17) is 27.6 Å². The highest BCUT2D eigenvalue weighted by atomic mass is 35.5. The topological polar surface area (TPSA) is 85.3 Å². The number of β-amino-alcohol motifs (C(OH)–C–C–N with tert-alkyl or cyclic N) is 1. The molecule has 6 nitrogen and oxygen atoms in total. The van der Waals surface area contributed by atoms with Gasteiger partial charge >= 0.3 is 0 Å². The average molecular weight is 313 g/mol. The summed E-state index contributed by atoms with van der Waals surface area (Å²) < 4.78 is 0. The largest absolute Gasteiger partial charge is 0.409 e. The molecule has 7 heteroatoms. The van der Waals surface area contributed by atoms with Crippen LogP contribution < -0.4 is 5.73 Å². The maximum atomic E-state index is 8.94. The lowest BCUT2D eigenvalue weighted by atomic mass is 10.1. The van der Waals surface area contributed by atoms with Gasteiger partial charge in [0.2, 0.25) is 0 Å². The monoisotopic (exact) mass is 312 g/mol. The molecular formula is C14H21ClN4O2. The van der Waals surface area contributed by atoms with Gasteiger partial charge in [0.1, 0.15) is 0 Å². The van der Waals surface area contributed by atoms with Crippen molar-refractivity contribution in [1.29, 1.82) is 0 Å². The number of aliphatic hydroxyl groups is 1. The molecule has 116 valence electrons. The van der Waals surface area contributed by atoms with Crippen molar-refractivity contribution in [2.24, 2.45) is 10.9 Å². The normalized spacial score (nSPS) is 18.1. The Morgan fingerprint density at radius 3 is 2.48 bits per heavy atom. The third kappa shape index (κ3) is 4.31. The number of benzene rings is 1. The second-order valence-electron chi connectivity index (χ2n) is 5.13. The average Bonchev–Trinajstić information content (AvgIpc) is 2.50. The lowest BCUT2D eigenvalue weighted by molar-refractivity contribution is 0.108. The van der Waals surface area contributed by atoms with Gasteiger partial charge in [-0.3, -0.25) is 9.80 Å². The summed E-state index contributed by atoms with van der Waals surface area (Å²) >= 11 is 6.27. The van der Waals surface area contributed by atoms with E-state index in [1.807, 2.05) is 6.07 Å². The smallest absolute Gasteiger partial charge is 0.170 e. The first-order valence-electron chi connectivity index (χ1n) is 6.96. The Balaban J connectivity index is 1.95. The maximum Gasteiger partial charge on any atom is 0.170 e. The van der Waals surface area contributed by atoms with E-state index in [9.17, 15) is 0 Å². The van der Waals surface area contributed by atoms with Crippen molar-refractivity contribution in [1.82, 2.24) is 9.80 Å². The summed E-state index contributed by atoms with van der Waals surface area (Å²) in [5.41, 5.74) is 7.19. The highest BCUT2D eigenvalue weighted by Crippen LogP contribution is 2.20. The Morgan fingerprint density at radius 2 is 1.90 bits per heavy atom. The molecule has 1 aromatic carbocycles. The van der Waals surface area contributed by atoms with E-state index < -0.39 is 0 Å².